The molecule has 0 saturated carbocycles. The molecule has 0 spiro atoms. The van der Waals surface area contributed by atoms with Gasteiger partial charge < -0.3 is 9.47 Å². The number of hydrogen-bond donors (Lipinski definition) is 0. The predicted molar refractivity (Wildman–Crippen MR) is 70.6 cm³/mol. The van der Waals surface area contributed by atoms with Crippen LogP contribution in [-0.4, -0.2) is 24.1 Å². The topological polar surface area (TPSA) is 52.6 Å². The molecule has 0 aliphatic heterocycles. The van der Waals surface area contributed by atoms with Gasteiger partial charge in [-0.15, -0.1) is 0 Å². The Balaban J connectivity index is 3.16. The number of rotatable bonds is 11. The molecule has 0 aliphatic carbocycles. The summed E-state index contributed by atoms with van der Waals surface area (Å²) in [4.78, 5) is 21.9. The van der Waals surface area contributed by atoms with Crippen LogP contribution in [0.15, 0.2) is 0 Å². The Morgan fingerprint density at radius 3 is 1.33 bits per heavy atom. The SMILES string of the molecule is O=C(CCCCCCCCC(=O)OCCl)OCCl. The molecule has 0 aromatic heterocycles. The lowest BCUT2D eigenvalue weighted by molar-refractivity contribution is -0.142. The average Bonchev–Trinajstić information content (AvgIpc) is 2.33. The summed E-state index contributed by atoms with van der Waals surface area (Å²) in [6, 6.07) is -0.144. The van der Waals surface area contributed by atoms with Gasteiger partial charge in [0.05, 0.1) is 0 Å². The maximum absolute atomic E-state index is 10.9. The van der Waals surface area contributed by atoms with Gasteiger partial charge in [0.15, 0.2) is 12.1 Å². The van der Waals surface area contributed by atoms with Crippen LogP contribution in [-0.2, 0) is 19.1 Å². The second kappa shape index (κ2) is 13.0. The van der Waals surface area contributed by atoms with Crippen LogP contribution in [0.3, 0.4) is 0 Å². The summed E-state index contributed by atoms with van der Waals surface area (Å²) in [7, 11) is 0. The zero-order valence-corrected chi connectivity index (χ0v) is 12.0. The molecule has 106 valence electrons. The Hall–Kier alpha value is -0.480. The van der Waals surface area contributed by atoms with Gasteiger partial charge in [-0.1, -0.05) is 48.9 Å². The van der Waals surface area contributed by atoms with Gasteiger partial charge in [0, 0.05) is 12.8 Å². The summed E-state index contributed by atoms with van der Waals surface area (Å²) in [6.45, 7) is 0. The van der Waals surface area contributed by atoms with E-state index in [0.29, 0.717) is 12.8 Å². The summed E-state index contributed by atoms with van der Waals surface area (Å²) >= 11 is 10.5. The van der Waals surface area contributed by atoms with Crippen molar-refractivity contribution in [1.29, 1.82) is 0 Å². The lowest BCUT2D eigenvalue weighted by Gasteiger charge is -2.02. The van der Waals surface area contributed by atoms with E-state index in [9.17, 15) is 9.59 Å². The zero-order chi connectivity index (χ0) is 13.6. The van der Waals surface area contributed by atoms with Gasteiger partial charge in [0.25, 0.3) is 0 Å². The summed E-state index contributed by atoms with van der Waals surface area (Å²) in [6.07, 6.45) is 6.59. The first-order valence-electron chi connectivity index (χ1n) is 6.14. The smallest absolute Gasteiger partial charge is 0.306 e. The molecule has 0 radical (unpaired) electrons. The largest absolute Gasteiger partial charge is 0.449 e. The van der Waals surface area contributed by atoms with E-state index in [2.05, 4.69) is 9.47 Å². The molecule has 0 saturated heterocycles. The first-order chi connectivity index (χ1) is 8.70. The van der Waals surface area contributed by atoms with Gasteiger partial charge in [-0.2, -0.15) is 0 Å². The van der Waals surface area contributed by atoms with E-state index in [1.54, 1.807) is 0 Å². The van der Waals surface area contributed by atoms with Crippen molar-refractivity contribution in [2.24, 2.45) is 0 Å². The lowest BCUT2D eigenvalue weighted by Crippen LogP contribution is -2.02. The number of esters is 2. The lowest BCUT2D eigenvalue weighted by atomic mass is 10.1. The highest BCUT2D eigenvalue weighted by Gasteiger charge is 2.02. The molecule has 18 heavy (non-hydrogen) atoms. The van der Waals surface area contributed by atoms with E-state index in [0.717, 1.165) is 38.5 Å². The number of ether oxygens (including phenoxy) is 2. The molecule has 0 amide bonds. The summed E-state index contributed by atoms with van der Waals surface area (Å²) in [5, 5.41) is 0. The minimum atomic E-state index is -0.242. The van der Waals surface area contributed by atoms with Crippen LogP contribution < -0.4 is 0 Å². The first kappa shape index (κ1) is 17.5. The molecule has 4 nitrogen and oxygen atoms in total. The second-order valence-electron chi connectivity index (χ2n) is 3.87. The summed E-state index contributed by atoms with van der Waals surface area (Å²) in [5.41, 5.74) is 0. The molecule has 0 fully saturated rings. The fourth-order valence-corrected chi connectivity index (χ4v) is 1.76. The predicted octanol–water partition coefficient (Wildman–Crippen LogP) is 3.59. The highest BCUT2D eigenvalue weighted by atomic mass is 35.5. The van der Waals surface area contributed by atoms with Gasteiger partial charge >= 0.3 is 11.9 Å². The van der Waals surface area contributed by atoms with Crippen molar-refractivity contribution in [3.8, 4) is 0 Å². The monoisotopic (exact) mass is 298 g/mol. The Morgan fingerprint density at radius 2 is 1.00 bits per heavy atom. The maximum atomic E-state index is 10.9. The molecule has 6 heteroatoms. The fraction of sp³-hybridized carbons (Fsp3) is 0.833. The van der Waals surface area contributed by atoms with Crippen molar-refractivity contribution in [2.45, 2.75) is 51.4 Å². The van der Waals surface area contributed by atoms with Crippen LogP contribution in [0.1, 0.15) is 51.4 Å². The number of unbranched alkanes of at least 4 members (excludes halogenated alkanes) is 5. The van der Waals surface area contributed by atoms with Gasteiger partial charge in [-0.3, -0.25) is 9.59 Å². The van der Waals surface area contributed by atoms with Crippen LogP contribution in [0.25, 0.3) is 0 Å². The van der Waals surface area contributed by atoms with E-state index in [1.807, 2.05) is 0 Å². The van der Waals surface area contributed by atoms with Crippen molar-refractivity contribution in [3.63, 3.8) is 0 Å². The number of halogens is 2. The molecule has 0 bridgehead atoms. The third kappa shape index (κ3) is 12.0. The van der Waals surface area contributed by atoms with E-state index < -0.39 is 0 Å². The third-order valence-corrected chi connectivity index (χ3v) is 2.66. The first-order valence-corrected chi connectivity index (χ1v) is 7.20. The average molecular weight is 299 g/mol. The molecular formula is C12H20Cl2O4. The molecule has 0 aliphatic rings. The molecule has 0 atom stereocenters. The highest BCUT2D eigenvalue weighted by Crippen LogP contribution is 2.09. The highest BCUT2D eigenvalue weighted by molar-refractivity contribution is 6.17. The fourth-order valence-electron chi connectivity index (χ4n) is 1.51. The standard InChI is InChI=1S/C12H20Cl2O4/c13-9-17-11(15)7-5-3-1-2-4-6-8-12(16)18-10-14/h1-10H2. The summed E-state index contributed by atoms with van der Waals surface area (Å²) in [5.74, 6) is -0.484. The van der Waals surface area contributed by atoms with Crippen molar-refractivity contribution in [3.05, 3.63) is 0 Å². The minimum absolute atomic E-state index is 0.0722. The van der Waals surface area contributed by atoms with E-state index >= 15 is 0 Å². The van der Waals surface area contributed by atoms with Crippen molar-refractivity contribution in [1.82, 2.24) is 0 Å². The van der Waals surface area contributed by atoms with Gasteiger partial charge in [0.2, 0.25) is 0 Å². The van der Waals surface area contributed by atoms with E-state index in [4.69, 9.17) is 23.2 Å². The van der Waals surface area contributed by atoms with Crippen LogP contribution in [0, 0.1) is 0 Å². The Bertz CT molecular complexity index is 210. The van der Waals surface area contributed by atoms with E-state index in [-0.39, 0.29) is 24.1 Å². The Morgan fingerprint density at radius 1 is 0.667 bits per heavy atom. The zero-order valence-electron chi connectivity index (χ0n) is 10.5. The summed E-state index contributed by atoms with van der Waals surface area (Å²) < 4.78 is 9.20. The number of hydrogen-bond acceptors (Lipinski definition) is 4. The maximum Gasteiger partial charge on any atom is 0.306 e. The quantitative estimate of drug-likeness (QED) is 0.332. The van der Waals surface area contributed by atoms with E-state index in [1.165, 1.54) is 0 Å². The molecule has 0 rings (SSSR count). The molecule has 0 N–H and O–H groups in total. The van der Waals surface area contributed by atoms with Crippen LogP contribution >= 0.6 is 23.2 Å². The number of carbonyl (C=O) groups excluding carboxylic acids is 2. The number of carbonyl (C=O) groups is 2. The normalized spacial score (nSPS) is 10.1. The van der Waals surface area contributed by atoms with Gasteiger partial charge in [0.1, 0.15) is 0 Å². The molecule has 0 aromatic rings. The van der Waals surface area contributed by atoms with Crippen molar-refractivity contribution < 1.29 is 19.1 Å². The van der Waals surface area contributed by atoms with Crippen molar-refractivity contribution in [2.75, 3.05) is 12.1 Å². The number of alkyl halides is 2. The van der Waals surface area contributed by atoms with Gasteiger partial charge in [-0.05, 0) is 12.8 Å². The molecule has 0 aromatic carbocycles. The van der Waals surface area contributed by atoms with Crippen LogP contribution in [0.5, 0.6) is 0 Å². The molecular weight excluding hydrogens is 279 g/mol. The third-order valence-electron chi connectivity index (χ3n) is 2.44. The van der Waals surface area contributed by atoms with Gasteiger partial charge in [-0.25, -0.2) is 0 Å². The molecule has 0 heterocycles. The van der Waals surface area contributed by atoms with Crippen LogP contribution in [0.4, 0.5) is 0 Å². The molecule has 0 unspecified atom stereocenters. The Labute approximate surface area is 118 Å². The Kier molecular flexibility index (Phi) is 12.6. The second-order valence-corrected chi connectivity index (χ2v) is 4.31. The van der Waals surface area contributed by atoms with Crippen LogP contribution in [0.2, 0.25) is 0 Å². The minimum Gasteiger partial charge on any atom is -0.449 e. The van der Waals surface area contributed by atoms with Crippen molar-refractivity contribution >= 4 is 35.1 Å².